The molecule has 14 atom stereocenters. The van der Waals surface area contributed by atoms with Gasteiger partial charge >= 0.3 is 0 Å². The molecule has 234 valence electrons. The van der Waals surface area contributed by atoms with Crippen LogP contribution >= 0.6 is 0 Å². The summed E-state index contributed by atoms with van der Waals surface area (Å²) in [5.41, 5.74) is 4.28. The van der Waals surface area contributed by atoms with Gasteiger partial charge in [-0.3, -0.25) is 0 Å². The van der Waals surface area contributed by atoms with E-state index in [1.165, 1.54) is 88.5 Å². The van der Waals surface area contributed by atoms with Crippen LogP contribution in [0, 0.1) is 69.0 Å². The van der Waals surface area contributed by atoms with Crippen LogP contribution in [-0.2, 0) is 0 Å². The van der Waals surface area contributed by atoms with E-state index in [4.69, 9.17) is 10.2 Å². The van der Waals surface area contributed by atoms with E-state index in [1.54, 1.807) is 0 Å². The van der Waals surface area contributed by atoms with Gasteiger partial charge in [0.25, 0.3) is 0 Å². The highest BCUT2D eigenvalue weighted by Gasteiger charge is 2.61. The summed E-state index contributed by atoms with van der Waals surface area (Å²) < 4.78 is 0. The lowest BCUT2D eigenvalue weighted by atomic mass is 9.45. The van der Waals surface area contributed by atoms with Gasteiger partial charge in [-0.05, 0) is 174 Å². The summed E-state index contributed by atoms with van der Waals surface area (Å²) in [5.74, 6) is 6.44. The predicted molar refractivity (Wildman–Crippen MR) is 170 cm³/mol. The lowest BCUT2D eigenvalue weighted by Gasteiger charge is -2.60. The third-order valence-corrected chi connectivity index (χ3v) is 17.0. The first-order valence-electron chi connectivity index (χ1n) is 18.6. The zero-order chi connectivity index (χ0) is 29.1. The fourth-order valence-corrected chi connectivity index (χ4v) is 14.5. The maximum absolute atomic E-state index is 10.4. The number of fused-ring (bicyclic) bond motifs is 10. The van der Waals surface area contributed by atoms with Crippen LogP contribution in [0.1, 0.15) is 143 Å². The molecule has 8 aliphatic rings. The normalized spacial score (nSPS) is 58.9. The molecule has 0 aromatic heterocycles. The molecule has 0 radical (unpaired) electrons. The highest BCUT2D eigenvalue weighted by Crippen LogP contribution is 2.67. The number of aliphatic hydroxyl groups is 2. The third-order valence-electron chi connectivity index (χ3n) is 17.0. The Morgan fingerprint density at radius 2 is 0.929 bits per heavy atom. The Morgan fingerprint density at radius 1 is 0.500 bits per heavy atom. The number of rotatable bonds is 1. The second kappa shape index (κ2) is 9.88. The standard InChI is InChI=1S/C38H60N2O2/c1-35-17-13-25(41)21-23(35)5-7-27-29-9-11-33(37(29,3)19-15-31(27)35)39-40-34-12-10-30-28-8-6-24-22-26(42)14-18-36(24,2)32(28)16-20-38(30,34)4/h23-32,41-42H,5-22H2,1-4H3. The zero-order valence-corrected chi connectivity index (χ0v) is 27.3. The first-order valence-corrected chi connectivity index (χ1v) is 18.6. The first kappa shape index (κ1) is 28.7. The molecule has 0 saturated heterocycles. The van der Waals surface area contributed by atoms with Crippen molar-refractivity contribution in [3.63, 3.8) is 0 Å². The molecule has 0 aromatic rings. The van der Waals surface area contributed by atoms with E-state index >= 15 is 0 Å². The molecule has 0 aliphatic heterocycles. The van der Waals surface area contributed by atoms with Gasteiger partial charge in [0, 0.05) is 22.3 Å². The summed E-state index contributed by atoms with van der Waals surface area (Å²) >= 11 is 0. The van der Waals surface area contributed by atoms with Crippen LogP contribution in [0.15, 0.2) is 10.2 Å². The van der Waals surface area contributed by atoms with Gasteiger partial charge in [-0.25, -0.2) is 0 Å². The summed E-state index contributed by atoms with van der Waals surface area (Å²) in [7, 11) is 0. The third kappa shape index (κ3) is 3.97. The van der Waals surface area contributed by atoms with Crippen LogP contribution in [-0.4, -0.2) is 33.8 Å². The largest absolute Gasteiger partial charge is 0.393 e. The molecule has 42 heavy (non-hydrogen) atoms. The van der Waals surface area contributed by atoms with Crippen molar-refractivity contribution < 1.29 is 10.2 Å². The van der Waals surface area contributed by atoms with Crippen molar-refractivity contribution in [2.75, 3.05) is 0 Å². The van der Waals surface area contributed by atoms with Crippen LogP contribution in [0.2, 0.25) is 0 Å². The fraction of sp³-hybridized carbons (Fsp3) is 0.947. The lowest BCUT2D eigenvalue weighted by molar-refractivity contribution is -0.114. The smallest absolute Gasteiger partial charge is 0.0543 e. The monoisotopic (exact) mass is 576 g/mol. The molecule has 0 bridgehead atoms. The van der Waals surface area contributed by atoms with E-state index in [-0.39, 0.29) is 23.0 Å². The average molecular weight is 577 g/mol. The molecular formula is C38H60N2O2. The average Bonchev–Trinajstić information content (AvgIpc) is 3.48. The van der Waals surface area contributed by atoms with Crippen LogP contribution in [0.3, 0.4) is 0 Å². The van der Waals surface area contributed by atoms with E-state index in [1.807, 2.05) is 0 Å². The van der Waals surface area contributed by atoms with Gasteiger partial charge in [0.1, 0.15) is 0 Å². The molecule has 8 fully saturated rings. The van der Waals surface area contributed by atoms with Gasteiger partial charge in [0.15, 0.2) is 0 Å². The van der Waals surface area contributed by atoms with Crippen LogP contribution < -0.4 is 0 Å². The van der Waals surface area contributed by atoms with Crippen molar-refractivity contribution in [2.45, 2.75) is 155 Å². The number of hydrogen-bond donors (Lipinski definition) is 2. The molecule has 0 amide bonds. The van der Waals surface area contributed by atoms with E-state index < -0.39 is 0 Å². The molecular weight excluding hydrogens is 516 g/mol. The Balaban J connectivity index is 1.00. The molecule has 2 N–H and O–H groups in total. The summed E-state index contributed by atoms with van der Waals surface area (Å²) in [6, 6.07) is 0. The van der Waals surface area contributed by atoms with Gasteiger partial charge in [-0.1, -0.05) is 27.7 Å². The Morgan fingerprint density at radius 3 is 1.36 bits per heavy atom. The second-order valence-corrected chi connectivity index (χ2v) is 18.3. The number of nitrogens with zero attached hydrogens (tertiary/aromatic N) is 2. The first-order chi connectivity index (χ1) is 20.1. The molecule has 0 heterocycles. The highest BCUT2D eigenvalue weighted by molar-refractivity contribution is 5.95. The second-order valence-electron chi connectivity index (χ2n) is 18.3. The number of hydrogen-bond acceptors (Lipinski definition) is 4. The summed E-state index contributed by atoms with van der Waals surface area (Å²) in [5, 5.41) is 31.4. The van der Waals surface area contributed by atoms with E-state index in [0.29, 0.717) is 10.8 Å². The van der Waals surface area contributed by atoms with Gasteiger partial charge in [-0.2, -0.15) is 10.2 Å². The minimum atomic E-state index is -0.0516. The van der Waals surface area contributed by atoms with Crippen molar-refractivity contribution in [1.29, 1.82) is 0 Å². The molecule has 0 aromatic carbocycles. The Labute approximate surface area is 256 Å². The molecule has 14 unspecified atom stereocenters. The van der Waals surface area contributed by atoms with Crippen molar-refractivity contribution in [3.8, 4) is 0 Å². The van der Waals surface area contributed by atoms with Crippen LogP contribution in [0.25, 0.3) is 0 Å². The summed E-state index contributed by atoms with van der Waals surface area (Å²) in [6.07, 6.45) is 22.2. The Hall–Kier alpha value is -0.740. The zero-order valence-electron chi connectivity index (χ0n) is 27.3. The summed E-state index contributed by atoms with van der Waals surface area (Å²) in [6.45, 7) is 10.4. The van der Waals surface area contributed by atoms with Crippen molar-refractivity contribution in [2.24, 2.45) is 79.2 Å². The van der Waals surface area contributed by atoms with Crippen molar-refractivity contribution >= 4 is 11.4 Å². The molecule has 8 saturated carbocycles. The maximum atomic E-state index is 10.4. The predicted octanol–water partition coefficient (Wildman–Crippen LogP) is 8.59. The van der Waals surface area contributed by atoms with Gasteiger partial charge in [0.05, 0.1) is 12.2 Å². The number of aliphatic hydroxyl groups excluding tert-OH is 2. The minimum Gasteiger partial charge on any atom is -0.393 e. The highest BCUT2D eigenvalue weighted by atomic mass is 16.3. The maximum Gasteiger partial charge on any atom is 0.0543 e. The van der Waals surface area contributed by atoms with E-state index in [9.17, 15) is 10.2 Å². The minimum absolute atomic E-state index is 0.0516. The Kier molecular flexibility index (Phi) is 6.75. The molecule has 0 spiro atoms. The molecule has 4 heteroatoms. The van der Waals surface area contributed by atoms with E-state index in [0.717, 1.165) is 85.9 Å². The lowest BCUT2D eigenvalue weighted by Crippen LogP contribution is -2.54. The van der Waals surface area contributed by atoms with Crippen molar-refractivity contribution in [1.82, 2.24) is 0 Å². The quantitative estimate of drug-likeness (QED) is 0.307. The van der Waals surface area contributed by atoms with Gasteiger partial charge in [-0.15, -0.1) is 0 Å². The summed E-state index contributed by atoms with van der Waals surface area (Å²) in [4.78, 5) is 0. The van der Waals surface area contributed by atoms with Crippen LogP contribution in [0.4, 0.5) is 0 Å². The van der Waals surface area contributed by atoms with Gasteiger partial charge in [0.2, 0.25) is 0 Å². The Bertz CT molecular complexity index is 1060. The molecule has 4 nitrogen and oxygen atoms in total. The van der Waals surface area contributed by atoms with Crippen LogP contribution in [0.5, 0.6) is 0 Å². The molecule has 8 aliphatic carbocycles. The van der Waals surface area contributed by atoms with E-state index in [2.05, 4.69) is 27.7 Å². The van der Waals surface area contributed by atoms with Crippen molar-refractivity contribution in [3.05, 3.63) is 0 Å². The van der Waals surface area contributed by atoms with Gasteiger partial charge < -0.3 is 10.2 Å². The fourth-order valence-electron chi connectivity index (χ4n) is 14.5. The topological polar surface area (TPSA) is 65.2 Å². The SMILES string of the molecule is CC12CCC3C(CCC4CC(O)CCC43C)C1CCC2=NN=C1CCC2C3CCC4CC(O)CCC4(C)C3CCC12C. The molecule has 8 rings (SSSR count).